The number of aromatic nitrogens is 3. The predicted molar refractivity (Wildman–Crippen MR) is 110 cm³/mol. The number of aryl methyl sites for hydroxylation is 2. The molecule has 1 amide bonds. The van der Waals surface area contributed by atoms with Gasteiger partial charge in [-0.05, 0) is 41.7 Å². The van der Waals surface area contributed by atoms with Crippen LogP contribution in [0.25, 0.3) is 0 Å². The van der Waals surface area contributed by atoms with Crippen LogP contribution in [0.4, 0.5) is 0 Å². The van der Waals surface area contributed by atoms with Crippen LogP contribution >= 0.6 is 11.8 Å². The van der Waals surface area contributed by atoms with Crippen molar-refractivity contribution < 1.29 is 4.79 Å². The third-order valence-corrected chi connectivity index (χ3v) is 5.87. The number of thioether (sulfide) groups is 1. The fourth-order valence-electron chi connectivity index (χ4n) is 3.15. The summed E-state index contributed by atoms with van der Waals surface area (Å²) in [4.78, 5) is 12.4. The highest BCUT2D eigenvalue weighted by atomic mass is 32.2. The third kappa shape index (κ3) is 4.31. The van der Waals surface area contributed by atoms with Gasteiger partial charge in [0.2, 0.25) is 0 Å². The van der Waals surface area contributed by atoms with Gasteiger partial charge in [-0.3, -0.25) is 4.79 Å². The fraction of sp³-hybridized carbons (Fsp3) is 0.238. The smallest absolute Gasteiger partial charge is 0.271 e. The molecule has 3 aromatic rings. The molecule has 0 saturated heterocycles. The summed E-state index contributed by atoms with van der Waals surface area (Å²) in [6.07, 6.45) is 4.34. The van der Waals surface area contributed by atoms with Gasteiger partial charge in [-0.25, -0.2) is 5.43 Å². The number of hydrazone groups is 1. The van der Waals surface area contributed by atoms with E-state index in [1.807, 2.05) is 41.9 Å². The molecule has 4 rings (SSSR count). The first-order valence-corrected chi connectivity index (χ1v) is 10.2. The molecule has 0 radical (unpaired) electrons. The van der Waals surface area contributed by atoms with E-state index in [-0.39, 0.29) is 5.91 Å². The Bertz CT molecular complexity index is 1010. The van der Waals surface area contributed by atoms with Gasteiger partial charge in [-0.15, -0.1) is 10.2 Å². The molecule has 28 heavy (non-hydrogen) atoms. The minimum atomic E-state index is -0.182. The Hall–Kier alpha value is -2.93. The Morgan fingerprint density at radius 2 is 1.93 bits per heavy atom. The molecule has 1 aromatic heterocycles. The molecule has 0 atom stereocenters. The van der Waals surface area contributed by atoms with Crippen LogP contribution in [0.5, 0.6) is 0 Å². The lowest BCUT2D eigenvalue weighted by Gasteiger charge is -2.17. The molecule has 6 nitrogen and oxygen atoms in total. The number of amides is 1. The van der Waals surface area contributed by atoms with Crippen molar-refractivity contribution in [1.29, 1.82) is 0 Å². The van der Waals surface area contributed by atoms with E-state index in [4.69, 9.17) is 0 Å². The maximum atomic E-state index is 12.4. The van der Waals surface area contributed by atoms with Crippen LogP contribution < -0.4 is 5.43 Å². The van der Waals surface area contributed by atoms with Gasteiger partial charge in [0.15, 0.2) is 5.16 Å². The summed E-state index contributed by atoms with van der Waals surface area (Å²) in [5.41, 5.74) is 8.12. The fourth-order valence-corrected chi connectivity index (χ4v) is 4.00. The maximum Gasteiger partial charge on any atom is 0.271 e. The van der Waals surface area contributed by atoms with Crippen LogP contribution in [-0.2, 0) is 25.6 Å². The van der Waals surface area contributed by atoms with Gasteiger partial charge >= 0.3 is 0 Å². The number of fused-ring (bicyclic) bond motifs is 1. The molecule has 1 aliphatic rings. The number of carbonyl (C=O) groups is 1. The van der Waals surface area contributed by atoms with Gasteiger partial charge < -0.3 is 4.57 Å². The first kappa shape index (κ1) is 18.4. The van der Waals surface area contributed by atoms with Gasteiger partial charge in [0, 0.05) is 30.5 Å². The molecule has 0 saturated carbocycles. The molecular formula is C21H21N5OS. The normalized spacial score (nSPS) is 14.7. The number of rotatable bonds is 5. The highest BCUT2D eigenvalue weighted by Gasteiger charge is 2.14. The summed E-state index contributed by atoms with van der Waals surface area (Å²) in [6, 6.07) is 16.0. The van der Waals surface area contributed by atoms with Crippen LogP contribution in [0, 0.1) is 0 Å². The van der Waals surface area contributed by atoms with Crippen LogP contribution in [-0.4, -0.2) is 26.4 Å². The first-order chi connectivity index (χ1) is 13.7. The summed E-state index contributed by atoms with van der Waals surface area (Å²) in [5, 5.41) is 13.1. The first-order valence-electron chi connectivity index (χ1n) is 9.17. The quantitative estimate of drug-likeness (QED) is 0.535. The number of hydrogen-bond donors (Lipinski definition) is 1. The zero-order chi connectivity index (χ0) is 19.3. The van der Waals surface area contributed by atoms with Crippen molar-refractivity contribution in [3.05, 3.63) is 77.1 Å². The Kier molecular flexibility index (Phi) is 5.53. The molecule has 0 aliphatic heterocycles. The topological polar surface area (TPSA) is 72.2 Å². The number of carbonyl (C=O) groups excluding carboxylic acids is 1. The molecule has 142 valence electrons. The number of nitrogens with zero attached hydrogens (tertiary/aromatic N) is 4. The van der Waals surface area contributed by atoms with E-state index in [9.17, 15) is 4.79 Å². The van der Waals surface area contributed by atoms with Gasteiger partial charge in [0.1, 0.15) is 6.33 Å². The van der Waals surface area contributed by atoms with E-state index >= 15 is 0 Å². The molecule has 1 N–H and O–H groups in total. The Morgan fingerprint density at radius 1 is 1.14 bits per heavy atom. The van der Waals surface area contributed by atoms with Crippen molar-refractivity contribution in [1.82, 2.24) is 20.2 Å². The van der Waals surface area contributed by atoms with Crippen LogP contribution in [0.3, 0.4) is 0 Å². The average Bonchev–Trinajstić information content (AvgIpc) is 3.15. The zero-order valence-electron chi connectivity index (χ0n) is 15.6. The summed E-state index contributed by atoms with van der Waals surface area (Å²) < 4.78 is 1.88. The van der Waals surface area contributed by atoms with Crippen LogP contribution in [0.2, 0.25) is 0 Å². The summed E-state index contributed by atoms with van der Waals surface area (Å²) in [6.45, 7) is 0. The monoisotopic (exact) mass is 391 g/mol. The van der Waals surface area contributed by atoms with Crippen molar-refractivity contribution in [2.45, 2.75) is 30.2 Å². The van der Waals surface area contributed by atoms with E-state index in [1.165, 1.54) is 11.1 Å². The maximum absolute atomic E-state index is 12.4. The van der Waals surface area contributed by atoms with Crippen LogP contribution in [0.1, 0.15) is 33.5 Å². The second-order valence-corrected chi connectivity index (χ2v) is 7.72. The summed E-state index contributed by atoms with van der Waals surface area (Å²) in [7, 11) is 1.92. The number of hydrogen-bond acceptors (Lipinski definition) is 5. The standard InChI is InChI=1S/C21H21N5OS/c1-26-14-22-25-21(26)28-13-15-6-8-17(9-7-15)20(27)24-23-19-11-10-16-4-2-3-5-18(16)12-19/h2-9,14H,10-13H2,1H3,(H,24,27)/b23-19-. The van der Waals surface area contributed by atoms with Gasteiger partial charge in [-0.1, -0.05) is 48.2 Å². The minimum absolute atomic E-state index is 0.182. The SMILES string of the molecule is Cn1cnnc1SCc1ccc(C(=O)N/N=C2/CCc3ccccc3C2)cc1. The molecule has 1 aliphatic carbocycles. The molecule has 0 unspecified atom stereocenters. The number of nitrogens with one attached hydrogen (secondary N) is 1. The summed E-state index contributed by atoms with van der Waals surface area (Å²) in [5.74, 6) is 0.592. The molecule has 1 heterocycles. The van der Waals surface area contributed by atoms with Crippen molar-refractivity contribution in [2.75, 3.05) is 0 Å². The lowest BCUT2D eigenvalue weighted by molar-refractivity contribution is 0.0954. The lowest BCUT2D eigenvalue weighted by atomic mass is 9.90. The Balaban J connectivity index is 1.33. The largest absolute Gasteiger partial charge is 0.312 e. The minimum Gasteiger partial charge on any atom is -0.312 e. The van der Waals surface area contributed by atoms with Crippen molar-refractivity contribution in [2.24, 2.45) is 12.1 Å². The third-order valence-electron chi connectivity index (χ3n) is 4.77. The molecule has 0 fully saturated rings. The van der Waals surface area contributed by atoms with Crippen molar-refractivity contribution in [3.8, 4) is 0 Å². The molecule has 0 spiro atoms. The molecular weight excluding hydrogens is 370 g/mol. The Morgan fingerprint density at radius 3 is 2.68 bits per heavy atom. The van der Waals surface area contributed by atoms with E-state index in [0.717, 1.165) is 41.4 Å². The molecule has 0 bridgehead atoms. The summed E-state index contributed by atoms with van der Waals surface area (Å²) >= 11 is 1.61. The average molecular weight is 392 g/mol. The van der Waals surface area contributed by atoms with E-state index < -0.39 is 0 Å². The van der Waals surface area contributed by atoms with Crippen molar-refractivity contribution in [3.63, 3.8) is 0 Å². The molecule has 7 heteroatoms. The number of benzene rings is 2. The predicted octanol–water partition coefficient (Wildman–Crippen LogP) is 3.38. The Labute approximate surface area is 168 Å². The van der Waals surface area contributed by atoms with E-state index in [1.54, 1.807) is 18.1 Å². The second kappa shape index (κ2) is 8.39. The second-order valence-electron chi connectivity index (χ2n) is 6.77. The van der Waals surface area contributed by atoms with E-state index in [2.05, 4.69) is 38.9 Å². The highest BCUT2D eigenvalue weighted by molar-refractivity contribution is 7.98. The van der Waals surface area contributed by atoms with Crippen molar-refractivity contribution >= 4 is 23.4 Å². The highest BCUT2D eigenvalue weighted by Crippen LogP contribution is 2.21. The van der Waals surface area contributed by atoms with Gasteiger partial charge in [0.25, 0.3) is 5.91 Å². The van der Waals surface area contributed by atoms with Gasteiger partial charge in [0.05, 0.1) is 0 Å². The van der Waals surface area contributed by atoms with Crippen LogP contribution in [0.15, 0.2) is 65.1 Å². The van der Waals surface area contributed by atoms with Gasteiger partial charge in [-0.2, -0.15) is 5.10 Å². The molecule has 2 aromatic carbocycles. The van der Waals surface area contributed by atoms with E-state index in [0.29, 0.717) is 5.56 Å². The lowest BCUT2D eigenvalue weighted by Crippen LogP contribution is -2.22. The zero-order valence-corrected chi connectivity index (χ0v) is 16.4.